The van der Waals surface area contributed by atoms with Crippen LogP contribution in [0.1, 0.15) is 22.8 Å². The van der Waals surface area contributed by atoms with E-state index in [0.717, 1.165) is 5.56 Å². The summed E-state index contributed by atoms with van der Waals surface area (Å²) in [5, 5.41) is 13.8. The molecule has 3 rings (SSSR count). The zero-order valence-electron chi connectivity index (χ0n) is 12.9. The number of aromatic hydroxyl groups is 1. The van der Waals surface area contributed by atoms with Gasteiger partial charge in [0.1, 0.15) is 19.0 Å². The molecule has 2 aromatic rings. The van der Waals surface area contributed by atoms with Gasteiger partial charge in [-0.1, -0.05) is 15.9 Å². The maximum absolute atomic E-state index is 12.1. The molecular formula is C17H15BrN2O4. The van der Waals surface area contributed by atoms with Gasteiger partial charge in [-0.05, 0) is 43.3 Å². The molecule has 1 heterocycles. The molecule has 0 fully saturated rings. The predicted octanol–water partition coefficient (Wildman–Crippen LogP) is 3.08. The van der Waals surface area contributed by atoms with Gasteiger partial charge in [-0.3, -0.25) is 4.79 Å². The van der Waals surface area contributed by atoms with Gasteiger partial charge in [0.05, 0.1) is 11.3 Å². The number of nitrogens with one attached hydrogen (secondary N) is 1. The van der Waals surface area contributed by atoms with Gasteiger partial charge in [0, 0.05) is 10.0 Å². The van der Waals surface area contributed by atoms with Crippen LogP contribution in [0.2, 0.25) is 0 Å². The van der Waals surface area contributed by atoms with Crippen molar-refractivity contribution < 1.29 is 19.4 Å². The van der Waals surface area contributed by atoms with E-state index in [9.17, 15) is 9.90 Å². The quantitative estimate of drug-likeness (QED) is 0.623. The third kappa shape index (κ3) is 3.51. The van der Waals surface area contributed by atoms with E-state index in [1.807, 2.05) is 18.2 Å². The molecule has 0 aromatic heterocycles. The largest absolute Gasteiger partial charge is 0.507 e. The minimum Gasteiger partial charge on any atom is -0.507 e. The number of halogens is 1. The summed E-state index contributed by atoms with van der Waals surface area (Å²) in [5.74, 6) is 0.749. The Bertz CT molecular complexity index is 820. The van der Waals surface area contributed by atoms with Crippen molar-refractivity contribution in [3.8, 4) is 17.2 Å². The second-order valence-corrected chi connectivity index (χ2v) is 6.07. The molecule has 0 aliphatic carbocycles. The molecule has 2 aromatic carbocycles. The number of ether oxygens (including phenoxy) is 2. The van der Waals surface area contributed by atoms with Gasteiger partial charge < -0.3 is 14.6 Å². The molecule has 1 aliphatic rings. The zero-order valence-corrected chi connectivity index (χ0v) is 14.5. The summed E-state index contributed by atoms with van der Waals surface area (Å²) in [7, 11) is 0. The molecule has 1 aliphatic heterocycles. The van der Waals surface area contributed by atoms with Crippen LogP contribution in [0.4, 0.5) is 0 Å². The Morgan fingerprint density at radius 1 is 1.17 bits per heavy atom. The summed E-state index contributed by atoms with van der Waals surface area (Å²) >= 11 is 3.26. The maximum atomic E-state index is 12.1. The topological polar surface area (TPSA) is 80.2 Å². The maximum Gasteiger partial charge on any atom is 0.275 e. The number of hydrogen-bond donors (Lipinski definition) is 2. The molecule has 0 unspecified atom stereocenters. The van der Waals surface area contributed by atoms with Gasteiger partial charge in [-0.25, -0.2) is 5.43 Å². The lowest BCUT2D eigenvalue weighted by Crippen LogP contribution is -2.20. The fourth-order valence-electron chi connectivity index (χ4n) is 2.22. The molecule has 0 spiro atoms. The van der Waals surface area contributed by atoms with E-state index in [0.29, 0.717) is 34.9 Å². The summed E-state index contributed by atoms with van der Waals surface area (Å²) in [6.45, 7) is 2.81. The molecule has 0 saturated heterocycles. The smallest absolute Gasteiger partial charge is 0.275 e. The number of hydrogen-bond acceptors (Lipinski definition) is 5. The lowest BCUT2D eigenvalue weighted by atomic mass is 10.1. The Balaban J connectivity index is 1.76. The highest BCUT2D eigenvalue weighted by atomic mass is 79.9. The third-order valence-electron chi connectivity index (χ3n) is 3.49. The van der Waals surface area contributed by atoms with Crippen molar-refractivity contribution in [3.05, 3.63) is 52.0 Å². The Labute approximate surface area is 147 Å². The van der Waals surface area contributed by atoms with Crippen molar-refractivity contribution in [2.45, 2.75) is 6.92 Å². The average Bonchev–Trinajstić information content (AvgIpc) is 2.61. The fourth-order valence-corrected chi connectivity index (χ4v) is 2.58. The highest BCUT2D eigenvalue weighted by molar-refractivity contribution is 9.10. The number of phenolic OH excluding ortho intramolecular Hbond substituents is 1. The first-order valence-electron chi connectivity index (χ1n) is 7.28. The highest BCUT2D eigenvalue weighted by Crippen LogP contribution is 2.30. The van der Waals surface area contributed by atoms with Gasteiger partial charge in [-0.2, -0.15) is 5.10 Å². The van der Waals surface area contributed by atoms with Crippen LogP contribution in [0.15, 0.2) is 46.0 Å². The summed E-state index contributed by atoms with van der Waals surface area (Å²) < 4.78 is 11.7. The number of carbonyl (C=O) groups is 1. The van der Waals surface area contributed by atoms with Gasteiger partial charge in [0.2, 0.25) is 0 Å². The number of benzene rings is 2. The van der Waals surface area contributed by atoms with Gasteiger partial charge in [0.25, 0.3) is 5.91 Å². The Kier molecular flexibility index (Phi) is 4.71. The van der Waals surface area contributed by atoms with Crippen LogP contribution in [-0.4, -0.2) is 29.9 Å². The standard InChI is InChI=1S/C17H15BrN2O4/c1-10(11-2-5-15-16(8-11)24-7-6-23-15)19-20-17(22)13-9-12(18)3-4-14(13)21/h2-5,8-9,21H,6-7H2,1H3,(H,20,22)/b19-10-. The number of hydrazone groups is 1. The van der Waals surface area contributed by atoms with Crippen molar-refractivity contribution in [1.29, 1.82) is 0 Å². The van der Waals surface area contributed by atoms with E-state index < -0.39 is 5.91 Å². The zero-order chi connectivity index (χ0) is 17.1. The number of carbonyl (C=O) groups excluding carboxylic acids is 1. The first kappa shape index (κ1) is 16.3. The molecule has 0 atom stereocenters. The molecular weight excluding hydrogens is 376 g/mol. The van der Waals surface area contributed by atoms with Gasteiger partial charge >= 0.3 is 0 Å². The molecule has 0 saturated carbocycles. The van der Waals surface area contributed by atoms with Crippen LogP contribution in [0.3, 0.4) is 0 Å². The predicted molar refractivity (Wildman–Crippen MR) is 92.9 cm³/mol. The second-order valence-electron chi connectivity index (χ2n) is 5.16. The van der Waals surface area contributed by atoms with Crippen LogP contribution in [0.5, 0.6) is 17.2 Å². The molecule has 24 heavy (non-hydrogen) atoms. The molecule has 1 amide bonds. The third-order valence-corrected chi connectivity index (χ3v) is 3.98. The van der Waals surface area contributed by atoms with Crippen LogP contribution < -0.4 is 14.9 Å². The Morgan fingerprint density at radius 3 is 2.71 bits per heavy atom. The first-order chi connectivity index (χ1) is 11.5. The van der Waals surface area contributed by atoms with Crippen LogP contribution in [0.25, 0.3) is 0 Å². The Hall–Kier alpha value is -2.54. The van der Waals surface area contributed by atoms with Gasteiger partial charge in [-0.15, -0.1) is 0 Å². The van der Waals surface area contributed by atoms with Crippen molar-refractivity contribution in [2.24, 2.45) is 5.10 Å². The Morgan fingerprint density at radius 2 is 1.92 bits per heavy atom. The summed E-state index contributed by atoms with van der Waals surface area (Å²) in [4.78, 5) is 12.1. The lowest BCUT2D eigenvalue weighted by molar-refractivity contribution is 0.0952. The minimum absolute atomic E-state index is 0.108. The van der Waals surface area contributed by atoms with E-state index in [1.54, 1.807) is 13.0 Å². The number of rotatable bonds is 3. The number of nitrogens with zero attached hydrogens (tertiary/aromatic N) is 1. The molecule has 7 heteroatoms. The van der Waals surface area contributed by atoms with Crippen molar-refractivity contribution >= 4 is 27.5 Å². The summed E-state index contributed by atoms with van der Waals surface area (Å²) in [6, 6.07) is 10.1. The molecule has 124 valence electrons. The average molecular weight is 391 g/mol. The van der Waals surface area contributed by atoms with Crippen LogP contribution >= 0.6 is 15.9 Å². The van der Waals surface area contributed by atoms with Crippen molar-refractivity contribution in [3.63, 3.8) is 0 Å². The molecule has 2 N–H and O–H groups in total. The van der Waals surface area contributed by atoms with E-state index in [4.69, 9.17) is 9.47 Å². The normalized spacial score (nSPS) is 13.5. The number of fused-ring (bicyclic) bond motifs is 1. The van der Waals surface area contributed by atoms with E-state index in [1.165, 1.54) is 12.1 Å². The minimum atomic E-state index is -0.495. The molecule has 0 radical (unpaired) electrons. The monoisotopic (exact) mass is 390 g/mol. The SMILES string of the molecule is C/C(=N/NC(=O)c1cc(Br)ccc1O)c1ccc2c(c1)OCCO2. The molecule has 0 bridgehead atoms. The van der Waals surface area contributed by atoms with Crippen molar-refractivity contribution in [2.75, 3.05) is 13.2 Å². The van der Waals surface area contributed by atoms with E-state index in [-0.39, 0.29) is 11.3 Å². The van der Waals surface area contributed by atoms with Crippen molar-refractivity contribution in [1.82, 2.24) is 5.43 Å². The second kappa shape index (κ2) is 6.92. The number of amides is 1. The summed E-state index contributed by atoms with van der Waals surface area (Å²) in [6.07, 6.45) is 0. The lowest BCUT2D eigenvalue weighted by Gasteiger charge is -2.18. The van der Waals surface area contributed by atoms with Crippen LogP contribution in [-0.2, 0) is 0 Å². The van der Waals surface area contributed by atoms with Gasteiger partial charge in [0.15, 0.2) is 11.5 Å². The van der Waals surface area contributed by atoms with E-state index >= 15 is 0 Å². The highest BCUT2D eigenvalue weighted by Gasteiger charge is 2.14. The first-order valence-corrected chi connectivity index (χ1v) is 8.07. The summed E-state index contributed by atoms with van der Waals surface area (Å²) in [5.41, 5.74) is 3.99. The van der Waals surface area contributed by atoms with E-state index in [2.05, 4.69) is 26.5 Å². The van der Waals surface area contributed by atoms with Crippen LogP contribution in [0, 0.1) is 0 Å². The fraction of sp³-hybridized carbons (Fsp3) is 0.176. The number of phenols is 1. The molecule has 6 nitrogen and oxygen atoms in total.